The summed E-state index contributed by atoms with van der Waals surface area (Å²) in [5, 5.41) is 8.57. The number of H-pyrrole nitrogens is 1. The van der Waals surface area contributed by atoms with Gasteiger partial charge in [0.2, 0.25) is 5.91 Å². The minimum absolute atomic E-state index is 0.0861. The average Bonchev–Trinajstić information content (AvgIpc) is 2.33. The Balaban J connectivity index is 2.74. The molecule has 0 spiro atoms. The van der Waals surface area contributed by atoms with Crippen molar-refractivity contribution in [1.29, 1.82) is 0 Å². The molecule has 1 aromatic rings. The van der Waals surface area contributed by atoms with Crippen molar-refractivity contribution in [2.24, 2.45) is 0 Å². The van der Waals surface area contributed by atoms with Crippen LogP contribution in [0.5, 0.6) is 0 Å². The van der Waals surface area contributed by atoms with Crippen LogP contribution in [0.25, 0.3) is 0 Å². The molecular weight excluding hydrogens is 254 g/mol. The lowest BCUT2D eigenvalue weighted by Gasteiger charge is -2.20. The van der Waals surface area contributed by atoms with E-state index in [1.807, 2.05) is 4.98 Å². The first-order valence-corrected chi connectivity index (χ1v) is 5.73. The number of aliphatic carboxylic acids is 1. The molecule has 0 saturated heterocycles. The van der Waals surface area contributed by atoms with Crippen molar-refractivity contribution in [1.82, 2.24) is 14.5 Å². The Morgan fingerprint density at radius 3 is 2.63 bits per heavy atom. The number of likely N-dealkylation sites (N-methyl/N-ethyl adjacent to an activating group) is 1. The van der Waals surface area contributed by atoms with Crippen molar-refractivity contribution < 1.29 is 14.7 Å². The number of aromatic amines is 1. The maximum absolute atomic E-state index is 11.9. The van der Waals surface area contributed by atoms with Crippen LogP contribution in [0.3, 0.4) is 0 Å². The predicted molar refractivity (Wildman–Crippen MR) is 65.8 cm³/mol. The summed E-state index contributed by atoms with van der Waals surface area (Å²) in [4.78, 5) is 48.0. The zero-order valence-electron chi connectivity index (χ0n) is 10.5. The Morgan fingerprint density at radius 2 is 2.11 bits per heavy atom. The summed E-state index contributed by atoms with van der Waals surface area (Å²) in [6.45, 7) is 1.92. The fourth-order valence-electron chi connectivity index (χ4n) is 1.50. The first-order valence-electron chi connectivity index (χ1n) is 5.73. The van der Waals surface area contributed by atoms with Gasteiger partial charge in [-0.3, -0.25) is 23.9 Å². The molecular formula is C11H15N3O5. The van der Waals surface area contributed by atoms with Crippen LogP contribution in [0.4, 0.5) is 0 Å². The second-order valence-corrected chi connectivity index (χ2v) is 3.86. The standard InChI is InChI=1S/C11H15N3O5/c1-2-13(6-4-10(17)18)9(16)7-14-5-3-8(15)12-11(14)19/h3,5H,2,4,6-7H2,1H3,(H,17,18)(H,12,15,19). The molecule has 19 heavy (non-hydrogen) atoms. The van der Waals surface area contributed by atoms with Crippen LogP contribution in [0.2, 0.25) is 0 Å². The summed E-state index contributed by atoms with van der Waals surface area (Å²) in [7, 11) is 0. The van der Waals surface area contributed by atoms with Crippen LogP contribution in [-0.4, -0.2) is 44.5 Å². The number of hydrogen-bond donors (Lipinski definition) is 2. The molecule has 2 N–H and O–H groups in total. The van der Waals surface area contributed by atoms with Crippen molar-refractivity contribution in [2.45, 2.75) is 19.9 Å². The molecule has 0 unspecified atom stereocenters. The quantitative estimate of drug-likeness (QED) is 0.677. The van der Waals surface area contributed by atoms with E-state index in [-0.39, 0.29) is 25.4 Å². The van der Waals surface area contributed by atoms with Gasteiger partial charge in [-0.05, 0) is 6.92 Å². The number of nitrogens with one attached hydrogen (secondary N) is 1. The summed E-state index contributed by atoms with van der Waals surface area (Å²) in [6.07, 6.45) is 1.07. The zero-order valence-corrected chi connectivity index (χ0v) is 10.5. The molecule has 1 amide bonds. The van der Waals surface area contributed by atoms with E-state index >= 15 is 0 Å². The van der Waals surface area contributed by atoms with E-state index in [1.54, 1.807) is 6.92 Å². The molecule has 0 radical (unpaired) electrons. The molecule has 0 aliphatic carbocycles. The third-order valence-electron chi connectivity index (χ3n) is 2.53. The van der Waals surface area contributed by atoms with Gasteiger partial charge in [0.1, 0.15) is 6.54 Å². The van der Waals surface area contributed by atoms with Gasteiger partial charge >= 0.3 is 11.7 Å². The third-order valence-corrected chi connectivity index (χ3v) is 2.53. The summed E-state index contributed by atoms with van der Waals surface area (Å²) in [5.74, 6) is -1.37. The third kappa shape index (κ3) is 4.41. The van der Waals surface area contributed by atoms with E-state index in [0.29, 0.717) is 6.54 Å². The summed E-state index contributed by atoms with van der Waals surface area (Å²) in [5.41, 5.74) is -1.21. The Labute approximate surface area is 108 Å². The highest BCUT2D eigenvalue weighted by molar-refractivity contribution is 5.76. The Kier molecular flexibility index (Phi) is 5.04. The zero-order chi connectivity index (χ0) is 14.4. The first kappa shape index (κ1) is 14.7. The molecule has 0 saturated carbocycles. The maximum Gasteiger partial charge on any atom is 0.328 e. The number of carboxylic acid groups (broad SMARTS) is 1. The summed E-state index contributed by atoms with van der Waals surface area (Å²) in [6, 6.07) is 1.14. The van der Waals surface area contributed by atoms with Gasteiger partial charge in [0.25, 0.3) is 5.56 Å². The van der Waals surface area contributed by atoms with E-state index in [0.717, 1.165) is 10.6 Å². The van der Waals surface area contributed by atoms with Crippen LogP contribution >= 0.6 is 0 Å². The topological polar surface area (TPSA) is 112 Å². The van der Waals surface area contributed by atoms with Gasteiger partial charge < -0.3 is 10.0 Å². The van der Waals surface area contributed by atoms with Gasteiger partial charge in [0.15, 0.2) is 0 Å². The number of amides is 1. The molecule has 1 aromatic heterocycles. The highest BCUT2D eigenvalue weighted by Crippen LogP contribution is 1.95. The van der Waals surface area contributed by atoms with Gasteiger partial charge in [-0.25, -0.2) is 4.79 Å². The van der Waals surface area contributed by atoms with Crippen molar-refractivity contribution in [3.63, 3.8) is 0 Å². The second kappa shape index (κ2) is 6.53. The number of carbonyl (C=O) groups excluding carboxylic acids is 1. The van der Waals surface area contributed by atoms with Crippen LogP contribution < -0.4 is 11.2 Å². The van der Waals surface area contributed by atoms with Crippen molar-refractivity contribution >= 4 is 11.9 Å². The number of rotatable bonds is 6. The van der Waals surface area contributed by atoms with Crippen molar-refractivity contribution in [3.8, 4) is 0 Å². The summed E-state index contributed by atoms with van der Waals surface area (Å²) < 4.78 is 1.06. The number of hydrogen-bond acceptors (Lipinski definition) is 4. The highest BCUT2D eigenvalue weighted by Gasteiger charge is 2.14. The SMILES string of the molecule is CCN(CCC(=O)O)C(=O)Cn1ccc(=O)[nH]c1=O. The highest BCUT2D eigenvalue weighted by atomic mass is 16.4. The first-order chi connectivity index (χ1) is 8.93. The smallest absolute Gasteiger partial charge is 0.328 e. The lowest BCUT2D eigenvalue weighted by Crippen LogP contribution is -2.39. The maximum atomic E-state index is 11.9. The van der Waals surface area contributed by atoms with Crippen LogP contribution in [0.1, 0.15) is 13.3 Å². The van der Waals surface area contributed by atoms with Crippen LogP contribution in [0, 0.1) is 0 Å². The fraction of sp³-hybridized carbons (Fsp3) is 0.455. The largest absolute Gasteiger partial charge is 0.481 e. The average molecular weight is 269 g/mol. The van der Waals surface area contributed by atoms with E-state index in [2.05, 4.69) is 0 Å². The number of aromatic nitrogens is 2. The van der Waals surface area contributed by atoms with Gasteiger partial charge in [0, 0.05) is 25.4 Å². The van der Waals surface area contributed by atoms with E-state index in [1.165, 1.54) is 11.1 Å². The lowest BCUT2D eigenvalue weighted by atomic mass is 10.3. The number of carboxylic acids is 1. The Bertz CT molecular complexity index is 574. The molecule has 8 nitrogen and oxygen atoms in total. The fourth-order valence-corrected chi connectivity index (χ4v) is 1.50. The molecule has 0 aliphatic rings. The number of carbonyl (C=O) groups is 2. The van der Waals surface area contributed by atoms with Crippen LogP contribution in [0.15, 0.2) is 21.9 Å². The molecule has 104 valence electrons. The molecule has 1 heterocycles. The number of nitrogens with zero attached hydrogens (tertiary/aromatic N) is 2. The molecule has 0 fully saturated rings. The van der Waals surface area contributed by atoms with Crippen molar-refractivity contribution in [3.05, 3.63) is 33.1 Å². The van der Waals surface area contributed by atoms with Crippen molar-refractivity contribution in [2.75, 3.05) is 13.1 Å². The molecule has 1 rings (SSSR count). The van der Waals surface area contributed by atoms with Gasteiger partial charge in [-0.1, -0.05) is 0 Å². The monoisotopic (exact) mass is 269 g/mol. The molecule has 8 heteroatoms. The molecule has 0 aliphatic heterocycles. The Hall–Kier alpha value is -2.38. The molecule has 0 bridgehead atoms. The van der Waals surface area contributed by atoms with Gasteiger partial charge in [0.05, 0.1) is 6.42 Å². The minimum atomic E-state index is -0.993. The summed E-state index contributed by atoms with van der Waals surface area (Å²) >= 11 is 0. The predicted octanol–water partition coefficient (Wildman–Crippen LogP) is -1.14. The molecule has 0 aromatic carbocycles. The van der Waals surface area contributed by atoms with E-state index in [4.69, 9.17) is 5.11 Å². The Morgan fingerprint density at radius 1 is 1.42 bits per heavy atom. The van der Waals surface area contributed by atoms with Crippen LogP contribution in [-0.2, 0) is 16.1 Å². The molecule has 0 atom stereocenters. The normalized spacial score (nSPS) is 10.2. The lowest BCUT2D eigenvalue weighted by molar-refractivity contribution is -0.138. The van der Waals surface area contributed by atoms with E-state index in [9.17, 15) is 19.2 Å². The second-order valence-electron chi connectivity index (χ2n) is 3.86. The van der Waals surface area contributed by atoms with E-state index < -0.39 is 17.2 Å². The van der Waals surface area contributed by atoms with Gasteiger partial charge in [-0.15, -0.1) is 0 Å². The minimum Gasteiger partial charge on any atom is -0.481 e. The van der Waals surface area contributed by atoms with Gasteiger partial charge in [-0.2, -0.15) is 0 Å².